The summed E-state index contributed by atoms with van der Waals surface area (Å²) in [6.07, 6.45) is 4.70. The monoisotopic (exact) mass is 334 g/mol. The van der Waals surface area contributed by atoms with Gasteiger partial charge in [-0.15, -0.1) is 0 Å². The van der Waals surface area contributed by atoms with Gasteiger partial charge >= 0.3 is 8.56 Å². The highest BCUT2D eigenvalue weighted by Crippen LogP contribution is 2.29. The van der Waals surface area contributed by atoms with Gasteiger partial charge in [0.1, 0.15) is 0 Å². The van der Waals surface area contributed by atoms with Crippen LogP contribution in [0.25, 0.3) is 0 Å². The maximum absolute atomic E-state index is 9.75. The molecule has 0 bridgehead atoms. The Labute approximate surface area is 130 Å². The van der Waals surface area contributed by atoms with Crippen molar-refractivity contribution in [3.63, 3.8) is 0 Å². The Hall–Kier alpha value is 0.234. The molecule has 21 heavy (non-hydrogen) atoms. The summed E-state index contributed by atoms with van der Waals surface area (Å²) in [7, 11) is -4.16. The van der Waals surface area contributed by atoms with E-state index in [9.17, 15) is 10.2 Å². The summed E-state index contributed by atoms with van der Waals surface area (Å²) in [6.45, 7) is 5.19. The van der Waals surface area contributed by atoms with Gasteiger partial charge in [-0.05, 0) is 44.4 Å². The zero-order chi connectivity index (χ0) is 15.3. The van der Waals surface area contributed by atoms with Gasteiger partial charge in [-0.25, -0.2) is 0 Å². The van der Waals surface area contributed by atoms with Gasteiger partial charge in [0.15, 0.2) is 0 Å². The first-order valence-corrected chi connectivity index (χ1v) is 13.5. The van der Waals surface area contributed by atoms with Crippen LogP contribution in [0.1, 0.15) is 32.1 Å². The van der Waals surface area contributed by atoms with Gasteiger partial charge < -0.3 is 23.5 Å². The average molecular weight is 335 g/mol. The van der Waals surface area contributed by atoms with Crippen molar-refractivity contribution < 1.29 is 23.5 Å². The molecule has 124 valence electrons. The molecule has 0 aliphatic carbocycles. The van der Waals surface area contributed by atoms with Crippen molar-refractivity contribution in [1.29, 1.82) is 0 Å². The fraction of sp³-hybridized carbons (Fsp3) is 1.00. The number of ether oxygens (including phenoxy) is 1. The first kappa shape index (κ1) is 17.6. The van der Waals surface area contributed by atoms with Crippen LogP contribution in [-0.2, 0) is 13.3 Å². The van der Waals surface area contributed by atoms with Gasteiger partial charge in [0, 0.05) is 0 Å². The number of aliphatic hydroxyl groups is 2. The SMILES string of the molecule is C[Si]1(O[Si]2(C)CCCC(O)CO2)CCCCC(O)COC1. The average Bonchev–Trinajstić information content (AvgIpc) is 2.51. The van der Waals surface area contributed by atoms with E-state index in [1.54, 1.807) is 0 Å². The number of rotatable bonds is 2. The van der Waals surface area contributed by atoms with Crippen molar-refractivity contribution in [2.75, 3.05) is 19.4 Å². The lowest BCUT2D eigenvalue weighted by Crippen LogP contribution is -2.53. The molecule has 2 aliphatic heterocycles. The van der Waals surface area contributed by atoms with Crippen LogP contribution in [0, 0.1) is 0 Å². The number of aliphatic hydroxyl groups excluding tert-OH is 2. The molecular weight excluding hydrogens is 304 g/mol. The molecule has 2 N–H and O–H groups in total. The van der Waals surface area contributed by atoms with Crippen LogP contribution in [0.2, 0.25) is 25.2 Å². The third kappa shape index (κ3) is 5.74. The molecular formula is C14H30O5Si2. The standard InChI is InChI=1S/C14H30O5Si2/c1-20(8-4-3-6-13(15)10-17-12-20)19-21(2)9-5-7-14(16)11-18-21/h13-16H,3-12H2,1-2H3. The Morgan fingerprint density at radius 1 is 0.952 bits per heavy atom. The highest BCUT2D eigenvalue weighted by molar-refractivity contribution is 6.83. The van der Waals surface area contributed by atoms with Crippen LogP contribution in [0.5, 0.6) is 0 Å². The Bertz CT molecular complexity index is 332. The minimum Gasteiger partial charge on any atom is -0.434 e. The quantitative estimate of drug-likeness (QED) is 0.755. The van der Waals surface area contributed by atoms with Gasteiger partial charge in [-0.2, -0.15) is 0 Å². The molecule has 2 saturated heterocycles. The van der Waals surface area contributed by atoms with Crippen LogP contribution in [0.4, 0.5) is 0 Å². The first-order valence-electron chi connectivity index (χ1n) is 8.19. The van der Waals surface area contributed by atoms with Crippen LogP contribution < -0.4 is 0 Å². The maximum Gasteiger partial charge on any atom is 0.324 e. The maximum atomic E-state index is 9.75. The molecule has 0 spiro atoms. The molecule has 2 rings (SSSR count). The Morgan fingerprint density at radius 3 is 2.48 bits per heavy atom. The van der Waals surface area contributed by atoms with E-state index in [-0.39, 0.29) is 12.2 Å². The molecule has 4 unspecified atom stereocenters. The van der Waals surface area contributed by atoms with E-state index in [1.807, 2.05) is 0 Å². The lowest BCUT2D eigenvalue weighted by atomic mass is 10.2. The summed E-state index contributed by atoms with van der Waals surface area (Å²) in [6, 6.07) is 2.02. The first-order chi connectivity index (χ1) is 9.91. The molecule has 0 aromatic rings. The molecule has 0 radical (unpaired) electrons. The lowest BCUT2D eigenvalue weighted by molar-refractivity contribution is 0.0464. The molecule has 0 aromatic carbocycles. The third-order valence-corrected chi connectivity index (χ3v) is 12.4. The normalized spacial score (nSPS) is 43.4. The van der Waals surface area contributed by atoms with Crippen LogP contribution in [0.3, 0.4) is 0 Å². The van der Waals surface area contributed by atoms with Crippen molar-refractivity contribution in [1.82, 2.24) is 0 Å². The smallest absolute Gasteiger partial charge is 0.324 e. The predicted molar refractivity (Wildman–Crippen MR) is 85.8 cm³/mol. The van der Waals surface area contributed by atoms with E-state index in [1.165, 1.54) is 0 Å². The number of hydrogen-bond acceptors (Lipinski definition) is 5. The van der Waals surface area contributed by atoms with Gasteiger partial charge in [0.05, 0.1) is 31.7 Å². The molecule has 4 atom stereocenters. The summed E-state index contributed by atoms with van der Waals surface area (Å²) in [5, 5.41) is 19.5. The van der Waals surface area contributed by atoms with E-state index in [0.29, 0.717) is 19.4 Å². The fourth-order valence-corrected chi connectivity index (χ4v) is 11.9. The minimum atomic E-state index is -2.20. The van der Waals surface area contributed by atoms with Crippen LogP contribution >= 0.6 is 0 Å². The van der Waals surface area contributed by atoms with Crippen LogP contribution in [-0.4, -0.2) is 58.7 Å². The Kier molecular flexibility index (Phi) is 6.43. The molecule has 0 amide bonds. The van der Waals surface area contributed by atoms with Gasteiger partial charge in [-0.1, -0.05) is 12.8 Å². The summed E-state index contributed by atoms with van der Waals surface area (Å²) >= 11 is 0. The predicted octanol–water partition coefficient (Wildman–Crippen LogP) is 1.92. The Balaban J connectivity index is 1.96. The molecule has 5 nitrogen and oxygen atoms in total. The van der Waals surface area contributed by atoms with E-state index < -0.39 is 16.9 Å². The molecule has 2 aliphatic rings. The third-order valence-electron chi connectivity index (χ3n) is 4.42. The van der Waals surface area contributed by atoms with E-state index in [0.717, 1.165) is 44.2 Å². The highest BCUT2D eigenvalue weighted by Gasteiger charge is 2.43. The van der Waals surface area contributed by atoms with Gasteiger partial charge in [0.25, 0.3) is 0 Å². The van der Waals surface area contributed by atoms with Crippen molar-refractivity contribution in [2.45, 2.75) is 69.5 Å². The highest BCUT2D eigenvalue weighted by atomic mass is 28.4. The molecule has 0 saturated carbocycles. The van der Waals surface area contributed by atoms with Crippen molar-refractivity contribution in [2.24, 2.45) is 0 Å². The minimum absolute atomic E-state index is 0.335. The van der Waals surface area contributed by atoms with Gasteiger partial charge in [-0.3, -0.25) is 0 Å². The van der Waals surface area contributed by atoms with Crippen molar-refractivity contribution in [3.8, 4) is 0 Å². The van der Waals surface area contributed by atoms with Crippen molar-refractivity contribution >= 4 is 16.9 Å². The van der Waals surface area contributed by atoms with E-state index >= 15 is 0 Å². The molecule has 2 heterocycles. The van der Waals surface area contributed by atoms with Gasteiger partial charge in [0.2, 0.25) is 8.32 Å². The van der Waals surface area contributed by atoms with E-state index in [2.05, 4.69) is 13.1 Å². The summed E-state index contributed by atoms with van der Waals surface area (Å²) in [4.78, 5) is 0. The topological polar surface area (TPSA) is 68.2 Å². The second-order valence-corrected chi connectivity index (χ2v) is 14.5. The number of hydrogen-bond donors (Lipinski definition) is 2. The fourth-order valence-electron chi connectivity index (χ4n) is 3.21. The van der Waals surface area contributed by atoms with Crippen LogP contribution in [0.15, 0.2) is 0 Å². The second kappa shape index (κ2) is 7.67. The molecule has 2 fully saturated rings. The zero-order valence-electron chi connectivity index (χ0n) is 13.3. The van der Waals surface area contributed by atoms with Crippen molar-refractivity contribution in [3.05, 3.63) is 0 Å². The summed E-state index contributed by atoms with van der Waals surface area (Å²) in [5.74, 6) is 0. The summed E-state index contributed by atoms with van der Waals surface area (Å²) in [5.41, 5.74) is 0. The summed E-state index contributed by atoms with van der Waals surface area (Å²) < 4.78 is 18.3. The molecule has 7 heteroatoms. The zero-order valence-corrected chi connectivity index (χ0v) is 15.3. The Morgan fingerprint density at radius 2 is 1.67 bits per heavy atom. The second-order valence-electron chi connectivity index (χ2n) is 6.96. The van der Waals surface area contributed by atoms with E-state index in [4.69, 9.17) is 13.3 Å². The molecule has 0 aromatic heterocycles. The largest absolute Gasteiger partial charge is 0.434 e. The lowest BCUT2D eigenvalue weighted by Gasteiger charge is -2.37.